The summed E-state index contributed by atoms with van der Waals surface area (Å²) < 4.78 is 41.2. The van der Waals surface area contributed by atoms with E-state index in [1.807, 2.05) is 121 Å². The fourth-order valence-electron chi connectivity index (χ4n) is 7.33. The second-order valence-electron chi connectivity index (χ2n) is 13.8. The van der Waals surface area contributed by atoms with Crippen molar-refractivity contribution in [2.24, 2.45) is 0 Å². The van der Waals surface area contributed by atoms with E-state index in [0.717, 1.165) is 33.4 Å². The van der Waals surface area contributed by atoms with Gasteiger partial charge < -0.3 is 28.4 Å². The summed E-state index contributed by atoms with van der Waals surface area (Å²) in [7, 11) is 1.64. The SMILES string of the molecule is CO[C@H]1O[C@H](COC(c2ccccc2)(c2ccccc2)c2ccccc2)[C@@](C)(OCc2ccccc2)[C@H](OCc2ccccc2)[C@H]1OCc1ccccc1. The number of ether oxygens (including phenoxy) is 6. The van der Waals surface area contributed by atoms with Crippen molar-refractivity contribution < 1.29 is 28.4 Å². The average Bonchev–Trinajstić information content (AvgIpc) is 3.25. The topological polar surface area (TPSA) is 55.4 Å². The standard InChI is InChI=1S/C48H48O6/c1-47(52-35-39-25-13-5-14-26-39)43(36-53-48(40-27-15-6-16-28-40,41-29-17-7-18-30-41)42-31-19-8-20-32-42)54-46(49-2)44(50-33-37-21-9-3-10-22-37)45(47)51-34-38-23-11-4-12-24-38/h3-32,43-46H,33-36H2,1-2H3/t43-,44-,45-,46+,47-/m1/s1. The van der Waals surface area contributed by atoms with Crippen molar-refractivity contribution in [3.63, 3.8) is 0 Å². The summed E-state index contributed by atoms with van der Waals surface area (Å²) in [6, 6.07) is 61.5. The molecule has 0 unspecified atom stereocenters. The molecule has 0 aliphatic carbocycles. The van der Waals surface area contributed by atoms with Gasteiger partial charge in [0.15, 0.2) is 6.29 Å². The Morgan fingerprint density at radius 2 is 0.907 bits per heavy atom. The van der Waals surface area contributed by atoms with Gasteiger partial charge in [0.2, 0.25) is 0 Å². The summed E-state index contributed by atoms with van der Waals surface area (Å²) >= 11 is 0. The Hall–Kier alpha value is -4.92. The minimum Gasteiger partial charge on any atom is -0.368 e. The maximum Gasteiger partial charge on any atom is 0.186 e. The highest BCUT2D eigenvalue weighted by molar-refractivity contribution is 5.47. The van der Waals surface area contributed by atoms with Gasteiger partial charge in [-0.3, -0.25) is 0 Å². The van der Waals surface area contributed by atoms with Gasteiger partial charge in [-0.2, -0.15) is 0 Å². The molecule has 0 spiro atoms. The van der Waals surface area contributed by atoms with Crippen LogP contribution in [-0.4, -0.2) is 43.9 Å². The molecule has 1 fully saturated rings. The molecule has 0 amide bonds. The molecule has 6 aromatic rings. The number of methoxy groups -OCH3 is 1. The molecule has 7 rings (SSSR count). The monoisotopic (exact) mass is 720 g/mol. The molecule has 1 aliphatic heterocycles. The third-order valence-electron chi connectivity index (χ3n) is 10.2. The Bertz CT molecular complexity index is 1860. The lowest BCUT2D eigenvalue weighted by Gasteiger charge is -2.52. The Kier molecular flexibility index (Phi) is 12.4. The lowest BCUT2D eigenvalue weighted by atomic mass is 9.79. The highest BCUT2D eigenvalue weighted by Gasteiger charge is 2.57. The van der Waals surface area contributed by atoms with Crippen LogP contribution in [-0.2, 0) is 53.8 Å². The van der Waals surface area contributed by atoms with Crippen LogP contribution in [0.15, 0.2) is 182 Å². The van der Waals surface area contributed by atoms with Crippen LogP contribution in [0, 0.1) is 0 Å². The van der Waals surface area contributed by atoms with Crippen LogP contribution < -0.4 is 0 Å². The lowest BCUT2D eigenvalue weighted by Crippen LogP contribution is -2.68. The highest BCUT2D eigenvalue weighted by atomic mass is 16.7. The second kappa shape index (κ2) is 17.9. The molecule has 6 aromatic carbocycles. The summed E-state index contributed by atoms with van der Waals surface area (Å²) in [5, 5.41) is 0. The first kappa shape index (κ1) is 37.4. The fourth-order valence-corrected chi connectivity index (χ4v) is 7.33. The fraction of sp³-hybridized carbons (Fsp3) is 0.250. The van der Waals surface area contributed by atoms with E-state index in [4.69, 9.17) is 28.4 Å². The summed E-state index contributed by atoms with van der Waals surface area (Å²) in [5.74, 6) is 0. The molecular weight excluding hydrogens is 673 g/mol. The number of rotatable bonds is 16. The van der Waals surface area contributed by atoms with Gasteiger partial charge in [-0.05, 0) is 40.3 Å². The van der Waals surface area contributed by atoms with Gasteiger partial charge >= 0.3 is 0 Å². The Morgan fingerprint density at radius 1 is 0.519 bits per heavy atom. The van der Waals surface area contributed by atoms with E-state index < -0.39 is 35.8 Å². The summed E-state index contributed by atoms with van der Waals surface area (Å²) in [4.78, 5) is 0. The van der Waals surface area contributed by atoms with E-state index >= 15 is 0 Å². The van der Waals surface area contributed by atoms with E-state index in [9.17, 15) is 0 Å². The van der Waals surface area contributed by atoms with E-state index in [0.29, 0.717) is 19.8 Å². The van der Waals surface area contributed by atoms with Gasteiger partial charge in [0.05, 0.1) is 26.4 Å². The van der Waals surface area contributed by atoms with Crippen LogP contribution in [0.2, 0.25) is 0 Å². The van der Waals surface area contributed by atoms with Gasteiger partial charge in [-0.15, -0.1) is 0 Å². The van der Waals surface area contributed by atoms with Gasteiger partial charge in [-0.25, -0.2) is 0 Å². The Balaban J connectivity index is 1.30. The number of hydrogen-bond acceptors (Lipinski definition) is 6. The van der Waals surface area contributed by atoms with E-state index in [-0.39, 0.29) is 6.61 Å². The zero-order valence-corrected chi connectivity index (χ0v) is 30.9. The van der Waals surface area contributed by atoms with E-state index in [1.54, 1.807) is 7.11 Å². The van der Waals surface area contributed by atoms with E-state index in [2.05, 4.69) is 67.6 Å². The van der Waals surface area contributed by atoms with E-state index in [1.165, 1.54) is 0 Å². The number of hydrogen-bond donors (Lipinski definition) is 0. The molecule has 0 aromatic heterocycles. The third-order valence-corrected chi connectivity index (χ3v) is 10.2. The minimum atomic E-state index is -1.07. The summed E-state index contributed by atoms with van der Waals surface area (Å²) in [6.07, 6.45) is -2.70. The molecule has 0 saturated carbocycles. The van der Waals surface area contributed by atoms with Crippen LogP contribution in [0.1, 0.15) is 40.3 Å². The van der Waals surface area contributed by atoms with Crippen molar-refractivity contribution in [3.8, 4) is 0 Å². The van der Waals surface area contributed by atoms with Crippen LogP contribution in [0.3, 0.4) is 0 Å². The Morgan fingerprint density at radius 3 is 1.33 bits per heavy atom. The first-order valence-electron chi connectivity index (χ1n) is 18.6. The van der Waals surface area contributed by atoms with Crippen LogP contribution in [0.4, 0.5) is 0 Å². The normalized spacial score (nSPS) is 21.4. The molecular formula is C48H48O6. The smallest absolute Gasteiger partial charge is 0.186 e. The highest BCUT2D eigenvalue weighted by Crippen LogP contribution is 2.44. The maximum absolute atomic E-state index is 7.39. The van der Waals surface area contributed by atoms with Gasteiger partial charge in [0, 0.05) is 7.11 Å². The van der Waals surface area contributed by atoms with Crippen LogP contribution in [0.5, 0.6) is 0 Å². The predicted octanol–water partition coefficient (Wildman–Crippen LogP) is 9.51. The molecule has 54 heavy (non-hydrogen) atoms. The predicted molar refractivity (Wildman–Crippen MR) is 211 cm³/mol. The van der Waals surface area contributed by atoms with Gasteiger partial charge in [0.25, 0.3) is 0 Å². The minimum absolute atomic E-state index is 0.139. The average molecular weight is 721 g/mol. The number of benzene rings is 6. The van der Waals surface area contributed by atoms with Crippen LogP contribution in [0.25, 0.3) is 0 Å². The Labute approximate surface area is 319 Å². The molecule has 6 heteroatoms. The lowest BCUT2D eigenvalue weighted by molar-refractivity contribution is -0.353. The molecule has 1 aliphatic rings. The van der Waals surface area contributed by atoms with Crippen molar-refractivity contribution in [1.82, 2.24) is 0 Å². The molecule has 1 saturated heterocycles. The molecule has 6 nitrogen and oxygen atoms in total. The van der Waals surface area contributed by atoms with Crippen molar-refractivity contribution in [3.05, 3.63) is 215 Å². The first-order valence-corrected chi connectivity index (χ1v) is 18.6. The second-order valence-corrected chi connectivity index (χ2v) is 13.8. The zero-order valence-electron chi connectivity index (χ0n) is 30.9. The molecule has 5 atom stereocenters. The van der Waals surface area contributed by atoms with Gasteiger partial charge in [-0.1, -0.05) is 182 Å². The molecule has 0 N–H and O–H groups in total. The molecule has 1 heterocycles. The quantitative estimate of drug-likeness (QED) is 0.0929. The first-order chi connectivity index (χ1) is 26.6. The largest absolute Gasteiger partial charge is 0.368 e. The summed E-state index contributed by atoms with van der Waals surface area (Å²) in [5.41, 5.74) is 4.04. The van der Waals surface area contributed by atoms with Crippen LogP contribution >= 0.6 is 0 Å². The molecule has 0 bridgehead atoms. The van der Waals surface area contributed by atoms with Crippen molar-refractivity contribution >= 4 is 0 Å². The zero-order chi connectivity index (χ0) is 37.1. The third kappa shape index (κ3) is 8.40. The summed E-state index contributed by atoms with van der Waals surface area (Å²) in [6.45, 7) is 3.20. The van der Waals surface area contributed by atoms with Gasteiger partial charge in [0.1, 0.15) is 29.5 Å². The van der Waals surface area contributed by atoms with Crippen molar-refractivity contribution in [2.75, 3.05) is 13.7 Å². The van der Waals surface area contributed by atoms with Crippen molar-refractivity contribution in [1.29, 1.82) is 0 Å². The molecule has 276 valence electrons. The molecule has 0 radical (unpaired) electrons. The van der Waals surface area contributed by atoms with Crippen molar-refractivity contribution in [2.45, 2.75) is 62.5 Å². The maximum atomic E-state index is 7.39.